The van der Waals surface area contributed by atoms with Gasteiger partial charge in [0.2, 0.25) is 0 Å². The molecule has 0 aliphatic carbocycles. The molecule has 6 nitrogen and oxygen atoms in total. The molecule has 0 radical (unpaired) electrons. The summed E-state index contributed by atoms with van der Waals surface area (Å²) in [6, 6.07) is 0. The lowest BCUT2D eigenvalue weighted by molar-refractivity contribution is -0.135. The topological polar surface area (TPSA) is 59.1 Å². The highest BCUT2D eigenvalue weighted by Crippen LogP contribution is 2.14. The Balaban J connectivity index is 1.71. The van der Waals surface area contributed by atoms with Crippen LogP contribution in [0.15, 0.2) is 0 Å². The van der Waals surface area contributed by atoms with Crippen LogP contribution in [0, 0.1) is 11.8 Å². The summed E-state index contributed by atoms with van der Waals surface area (Å²) < 4.78 is 9.65. The number of ether oxygens (including phenoxy) is 2. The predicted molar refractivity (Wildman–Crippen MR) is 76.5 cm³/mol. The zero-order valence-corrected chi connectivity index (χ0v) is 12.5. The minimum atomic E-state index is -0.780. The first-order valence-corrected chi connectivity index (χ1v) is 7.51. The van der Waals surface area contributed by atoms with Gasteiger partial charge in [0, 0.05) is 13.0 Å². The fourth-order valence-corrected chi connectivity index (χ4v) is 2.50. The van der Waals surface area contributed by atoms with Gasteiger partial charge in [-0.05, 0) is 32.9 Å². The zero-order chi connectivity index (χ0) is 15.1. The van der Waals surface area contributed by atoms with Gasteiger partial charge >= 0.3 is 6.16 Å². The fraction of sp³-hybridized carbons (Fsp3) is 0.733. The van der Waals surface area contributed by atoms with Crippen LogP contribution in [-0.4, -0.2) is 67.3 Å². The molecule has 21 heavy (non-hydrogen) atoms. The van der Waals surface area contributed by atoms with Gasteiger partial charge in [-0.2, -0.15) is 0 Å². The Hall–Kier alpha value is -1.74. The summed E-state index contributed by atoms with van der Waals surface area (Å²) in [4.78, 5) is 27.2. The third kappa shape index (κ3) is 4.64. The highest BCUT2D eigenvalue weighted by molar-refractivity contribution is 5.85. The van der Waals surface area contributed by atoms with E-state index in [2.05, 4.69) is 21.5 Å². The van der Waals surface area contributed by atoms with Crippen LogP contribution in [0.2, 0.25) is 0 Å². The number of hydrogen-bond acceptors (Lipinski definition) is 5. The molecule has 0 unspecified atom stereocenters. The standard InChI is InChI=1S/C15H22N2O4/c1-2-20-15(19)21-13-7-12-17(14(13)18)11-6-5-10-16-8-3-4-9-16/h13H,2-4,7-12H2,1H3/t13-/m1/s1. The summed E-state index contributed by atoms with van der Waals surface area (Å²) in [7, 11) is 0. The molecule has 1 amide bonds. The van der Waals surface area contributed by atoms with E-state index in [1.54, 1.807) is 11.8 Å². The number of rotatable bonds is 4. The van der Waals surface area contributed by atoms with Crippen molar-refractivity contribution >= 4 is 12.1 Å². The van der Waals surface area contributed by atoms with Crippen molar-refractivity contribution in [3.63, 3.8) is 0 Å². The van der Waals surface area contributed by atoms with E-state index in [1.165, 1.54) is 12.8 Å². The first kappa shape index (κ1) is 15.6. The molecule has 0 aromatic carbocycles. The van der Waals surface area contributed by atoms with Gasteiger partial charge in [-0.1, -0.05) is 11.8 Å². The quantitative estimate of drug-likeness (QED) is 0.568. The van der Waals surface area contributed by atoms with Crippen molar-refractivity contribution in [3.05, 3.63) is 0 Å². The van der Waals surface area contributed by atoms with Crippen LogP contribution in [-0.2, 0) is 14.3 Å². The lowest BCUT2D eigenvalue weighted by Crippen LogP contribution is -2.32. The highest BCUT2D eigenvalue weighted by atomic mass is 16.7. The van der Waals surface area contributed by atoms with E-state index in [1.807, 2.05) is 0 Å². The van der Waals surface area contributed by atoms with Gasteiger partial charge in [-0.25, -0.2) is 4.79 Å². The lowest BCUT2D eigenvalue weighted by Gasteiger charge is -2.13. The molecule has 116 valence electrons. The maximum Gasteiger partial charge on any atom is 0.509 e. The molecule has 0 aromatic heterocycles. The molecule has 0 saturated carbocycles. The molecule has 2 rings (SSSR count). The first-order valence-electron chi connectivity index (χ1n) is 7.51. The Morgan fingerprint density at radius 3 is 2.67 bits per heavy atom. The average Bonchev–Trinajstić information content (AvgIpc) is 3.08. The molecule has 2 saturated heterocycles. The van der Waals surface area contributed by atoms with Crippen LogP contribution < -0.4 is 0 Å². The predicted octanol–water partition coefficient (Wildman–Crippen LogP) is 0.860. The van der Waals surface area contributed by atoms with Crippen LogP contribution in [0.5, 0.6) is 0 Å². The van der Waals surface area contributed by atoms with Gasteiger partial charge in [0.15, 0.2) is 6.10 Å². The normalized spacial score (nSPS) is 22.0. The second-order valence-corrected chi connectivity index (χ2v) is 5.17. The molecule has 0 bridgehead atoms. The Bertz CT molecular complexity index is 435. The van der Waals surface area contributed by atoms with E-state index >= 15 is 0 Å². The molecule has 1 atom stereocenters. The smallest absolute Gasteiger partial charge is 0.435 e. The highest BCUT2D eigenvalue weighted by Gasteiger charge is 2.34. The third-order valence-corrected chi connectivity index (χ3v) is 3.65. The van der Waals surface area contributed by atoms with Gasteiger partial charge in [0.25, 0.3) is 5.91 Å². The number of carbonyl (C=O) groups is 2. The van der Waals surface area contributed by atoms with Gasteiger partial charge in [-0.3, -0.25) is 9.69 Å². The summed E-state index contributed by atoms with van der Waals surface area (Å²) in [5, 5.41) is 0. The number of likely N-dealkylation sites (tertiary alicyclic amines) is 2. The molecule has 0 N–H and O–H groups in total. The van der Waals surface area contributed by atoms with Crippen molar-refractivity contribution in [3.8, 4) is 11.8 Å². The molecule has 6 heteroatoms. The van der Waals surface area contributed by atoms with Crippen molar-refractivity contribution in [1.29, 1.82) is 0 Å². The number of carbonyl (C=O) groups excluding carboxylic acids is 2. The van der Waals surface area contributed by atoms with E-state index in [0.717, 1.165) is 19.6 Å². The first-order chi connectivity index (χ1) is 10.2. The van der Waals surface area contributed by atoms with E-state index in [9.17, 15) is 9.59 Å². The second-order valence-electron chi connectivity index (χ2n) is 5.17. The molecule has 2 heterocycles. The second kappa shape index (κ2) is 7.89. The number of hydrogen-bond donors (Lipinski definition) is 0. The molecular weight excluding hydrogens is 272 g/mol. The maximum absolute atomic E-state index is 12.0. The van der Waals surface area contributed by atoms with Crippen LogP contribution in [0.1, 0.15) is 26.2 Å². The van der Waals surface area contributed by atoms with E-state index in [-0.39, 0.29) is 12.5 Å². The Labute approximate surface area is 125 Å². The van der Waals surface area contributed by atoms with E-state index in [0.29, 0.717) is 19.5 Å². The molecule has 2 aliphatic heterocycles. The SMILES string of the molecule is CCOC(=O)O[C@@H]1CCN(CC#CCN2CCCC2)C1=O. The Morgan fingerprint density at radius 2 is 1.95 bits per heavy atom. The van der Waals surface area contributed by atoms with Crippen molar-refractivity contribution in [2.24, 2.45) is 0 Å². The van der Waals surface area contributed by atoms with Gasteiger partial charge in [0.1, 0.15) is 0 Å². The summed E-state index contributed by atoms with van der Waals surface area (Å²) >= 11 is 0. The number of amides is 1. The Kier molecular flexibility index (Phi) is 5.88. The third-order valence-electron chi connectivity index (χ3n) is 3.65. The van der Waals surface area contributed by atoms with Crippen LogP contribution in [0.3, 0.4) is 0 Å². The van der Waals surface area contributed by atoms with Crippen molar-refractivity contribution in [2.75, 3.05) is 39.3 Å². The van der Waals surface area contributed by atoms with Gasteiger partial charge in [-0.15, -0.1) is 0 Å². The largest absolute Gasteiger partial charge is 0.509 e. The summed E-state index contributed by atoms with van der Waals surface area (Å²) in [6.07, 6.45) is 1.51. The van der Waals surface area contributed by atoms with Crippen molar-refractivity contribution in [2.45, 2.75) is 32.3 Å². The van der Waals surface area contributed by atoms with Crippen molar-refractivity contribution < 1.29 is 19.1 Å². The summed E-state index contributed by atoms with van der Waals surface area (Å²) in [6.45, 7) is 5.91. The zero-order valence-electron chi connectivity index (χ0n) is 12.5. The van der Waals surface area contributed by atoms with E-state index < -0.39 is 12.3 Å². The number of nitrogens with zero attached hydrogens (tertiary/aromatic N) is 2. The lowest BCUT2D eigenvalue weighted by atomic mass is 10.3. The molecule has 2 fully saturated rings. The van der Waals surface area contributed by atoms with Crippen LogP contribution in [0.25, 0.3) is 0 Å². The minimum absolute atomic E-state index is 0.182. The van der Waals surface area contributed by atoms with Crippen LogP contribution in [0.4, 0.5) is 4.79 Å². The van der Waals surface area contributed by atoms with E-state index in [4.69, 9.17) is 4.74 Å². The molecule has 2 aliphatic rings. The minimum Gasteiger partial charge on any atom is -0.435 e. The maximum atomic E-state index is 12.0. The average molecular weight is 294 g/mol. The van der Waals surface area contributed by atoms with Crippen LogP contribution >= 0.6 is 0 Å². The Morgan fingerprint density at radius 1 is 1.24 bits per heavy atom. The summed E-state index contributed by atoms with van der Waals surface area (Å²) in [5.74, 6) is 5.94. The van der Waals surface area contributed by atoms with Gasteiger partial charge < -0.3 is 14.4 Å². The molecule has 0 aromatic rings. The summed E-state index contributed by atoms with van der Waals surface area (Å²) in [5.41, 5.74) is 0. The van der Waals surface area contributed by atoms with Gasteiger partial charge in [0.05, 0.1) is 19.7 Å². The molecule has 0 spiro atoms. The fourth-order valence-electron chi connectivity index (χ4n) is 2.50. The molecular formula is C15H22N2O4. The monoisotopic (exact) mass is 294 g/mol. The van der Waals surface area contributed by atoms with Crippen molar-refractivity contribution in [1.82, 2.24) is 9.80 Å².